The lowest BCUT2D eigenvalue weighted by atomic mass is 10.0. The summed E-state index contributed by atoms with van der Waals surface area (Å²) in [7, 11) is 0. The molecule has 172 valence electrons. The van der Waals surface area contributed by atoms with Gasteiger partial charge in [0.25, 0.3) is 5.69 Å². The van der Waals surface area contributed by atoms with Gasteiger partial charge in [0.15, 0.2) is 0 Å². The van der Waals surface area contributed by atoms with Crippen molar-refractivity contribution >= 4 is 33.1 Å². The van der Waals surface area contributed by atoms with Gasteiger partial charge in [-0.2, -0.15) is 0 Å². The molecule has 3 rings (SSSR count). The highest BCUT2D eigenvalue weighted by Gasteiger charge is 2.24. The number of nitrogens with one attached hydrogen (secondary N) is 1. The summed E-state index contributed by atoms with van der Waals surface area (Å²) in [4.78, 5) is 24.1. The molecular weight excluding hydrogens is 430 g/mol. The van der Waals surface area contributed by atoms with Gasteiger partial charge in [0.1, 0.15) is 22.6 Å². The van der Waals surface area contributed by atoms with E-state index in [-0.39, 0.29) is 12.3 Å². The van der Waals surface area contributed by atoms with E-state index in [1.165, 1.54) is 24.3 Å². The number of benzene rings is 1. The average molecular weight is 460 g/mol. The molecular formula is C22H29N5O4S. The van der Waals surface area contributed by atoms with E-state index in [9.17, 15) is 20.3 Å². The Bertz CT molecular complexity index is 1080. The van der Waals surface area contributed by atoms with Crippen molar-refractivity contribution in [1.82, 2.24) is 14.9 Å². The van der Waals surface area contributed by atoms with Gasteiger partial charge in [-0.25, -0.2) is 9.97 Å². The first kappa shape index (κ1) is 24.0. The van der Waals surface area contributed by atoms with Crippen molar-refractivity contribution in [2.45, 2.75) is 46.4 Å². The van der Waals surface area contributed by atoms with E-state index in [2.05, 4.69) is 24.1 Å². The van der Waals surface area contributed by atoms with Gasteiger partial charge in [-0.3, -0.25) is 15.0 Å². The molecule has 3 aromatic rings. The van der Waals surface area contributed by atoms with Crippen LogP contribution in [0, 0.1) is 24.0 Å². The second-order valence-electron chi connectivity index (χ2n) is 7.64. The van der Waals surface area contributed by atoms with Crippen LogP contribution in [0.4, 0.5) is 11.5 Å². The molecule has 0 spiro atoms. The molecule has 0 radical (unpaired) electrons. The number of non-ortho nitro benzene ring substituents is 1. The molecule has 0 unspecified atom stereocenters. The van der Waals surface area contributed by atoms with Gasteiger partial charge >= 0.3 is 0 Å². The molecule has 0 fully saturated rings. The molecule has 2 atom stereocenters. The van der Waals surface area contributed by atoms with Gasteiger partial charge in [-0.15, -0.1) is 11.3 Å². The predicted molar refractivity (Wildman–Crippen MR) is 126 cm³/mol. The number of rotatable bonds is 10. The summed E-state index contributed by atoms with van der Waals surface area (Å²) in [6, 6.07) is 4.91. The van der Waals surface area contributed by atoms with Crippen LogP contribution in [0.2, 0.25) is 0 Å². The Morgan fingerprint density at radius 1 is 1.19 bits per heavy atom. The molecule has 3 N–H and O–H groups in total. The zero-order valence-corrected chi connectivity index (χ0v) is 19.5. The summed E-state index contributed by atoms with van der Waals surface area (Å²) in [6.07, 6.45) is -1.09. The minimum Gasteiger partial charge on any atom is -0.394 e. The van der Waals surface area contributed by atoms with Crippen LogP contribution in [0.15, 0.2) is 24.3 Å². The van der Waals surface area contributed by atoms with Crippen LogP contribution in [-0.4, -0.2) is 55.7 Å². The number of nitrogens with zero attached hydrogens (tertiary/aromatic N) is 4. The molecule has 2 aromatic heterocycles. The van der Waals surface area contributed by atoms with E-state index in [1.807, 2.05) is 13.8 Å². The second kappa shape index (κ2) is 10.3. The third-order valence-corrected chi connectivity index (χ3v) is 6.78. The van der Waals surface area contributed by atoms with Crippen LogP contribution >= 0.6 is 11.3 Å². The topological polar surface area (TPSA) is 125 Å². The standard InChI is InChI=1S/C22H29N5O4S/c1-5-26(6-2)11-18-24-21(19-13(3)14(4)32-22(19)25-18)23-17(12-28)20(29)15-7-9-16(10-8-15)27(30)31/h7-10,17,20,28-29H,5-6,11-12H2,1-4H3,(H,23,24,25)/t17-,20+/m0/s1. The highest BCUT2D eigenvalue weighted by molar-refractivity contribution is 7.18. The lowest BCUT2D eigenvalue weighted by Gasteiger charge is -2.24. The van der Waals surface area contributed by atoms with Crippen molar-refractivity contribution in [2.24, 2.45) is 0 Å². The average Bonchev–Trinajstić information content (AvgIpc) is 3.08. The molecule has 0 saturated heterocycles. The molecule has 0 aliphatic carbocycles. The summed E-state index contributed by atoms with van der Waals surface area (Å²) in [5.41, 5.74) is 1.47. The zero-order chi connectivity index (χ0) is 23.4. The van der Waals surface area contributed by atoms with Crippen molar-refractivity contribution in [3.8, 4) is 0 Å². The lowest BCUT2D eigenvalue weighted by molar-refractivity contribution is -0.384. The molecule has 0 aliphatic heterocycles. The molecule has 0 aliphatic rings. The van der Waals surface area contributed by atoms with Crippen LogP contribution in [0.3, 0.4) is 0 Å². The highest BCUT2D eigenvalue weighted by atomic mass is 32.1. The summed E-state index contributed by atoms with van der Waals surface area (Å²) in [5, 5.41) is 35.9. The van der Waals surface area contributed by atoms with Crippen LogP contribution in [0.1, 0.15) is 41.8 Å². The van der Waals surface area contributed by atoms with Gasteiger partial charge in [-0.05, 0) is 50.2 Å². The Morgan fingerprint density at radius 3 is 2.41 bits per heavy atom. The van der Waals surface area contributed by atoms with Gasteiger partial charge in [0.2, 0.25) is 0 Å². The van der Waals surface area contributed by atoms with E-state index in [1.54, 1.807) is 11.3 Å². The Balaban J connectivity index is 1.96. The van der Waals surface area contributed by atoms with Gasteiger partial charge in [-0.1, -0.05) is 13.8 Å². The third kappa shape index (κ3) is 5.04. The number of hydrogen-bond acceptors (Lipinski definition) is 9. The number of aliphatic hydroxyl groups is 2. The number of nitro benzene ring substituents is 1. The van der Waals surface area contributed by atoms with Crippen LogP contribution in [0.25, 0.3) is 10.2 Å². The second-order valence-corrected chi connectivity index (χ2v) is 8.84. The Kier molecular flexibility index (Phi) is 7.73. The molecule has 32 heavy (non-hydrogen) atoms. The fraction of sp³-hybridized carbons (Fsp3) is 0.455. The number of fused-ring (bicyclic) bond motifs is 1. The maximum atomic E-state index is 10.9. The summed E-state index contributed by atoms with van der Waals surface area (Å²) < 4.78 is 0. The van der Waals surface area contributed by atoms with Crippen LogP contribution < -0.4 is 5.32 Å². The van der Waals surface area contributed by atoms with E-state index in [0.717, 1.165) is 33.7 Å². The fourth-order valence-electron chi connectivity index (χ4n) is 3.54. The fourth-order valence-corrected chi connectivity index (χ4v) is 4.59. The van der Waals surface area contributed by atoms with Gasteiger partial charge < -0.3 is 15.5 Å². The minimum absolute atomic E-state index is 0.0580. The monoisotopic (exact) mass is 459 g/mol. The van der Waals surface area contributed by atoms with Crippen molar-refractivity contribution in [3.05, 3.63) is 56.2 Å². The Morgan fingerprint density at radius 2 is 1.84 bits per heavy atom. The van der Waals surface area contributed by atoms with E-state index >= 15 is 0 Å². The number of aliphatic hydroxyl groups excluding tert-OH is 2. The summed E-state index contributed by atoms with van der Waals surface area (Å²) >= 11 is 1.59. The van der Waals surface area contributed by atoms with Crippen molar-refractivity contribution in [2.75, 3.05) is 25.0 Å². The number of aromatic nitrogens is 2. The highest BCUT2D eigenvalue weighted by Crippen LogP contribution is 2.34. The largest absolute Gasteiger partial charge is 0.394 e. The smallest absolute Gasteiger partial charge is 0.269 e. The maximum absolute atomic E-state index is 10.9. The zero-order valence-electron chi connectivity index (χ0n) is 18.7. The van der Waals surface area contributed by atoms with Crippen molar-refractivity contribution in [3.63, 3.8) is 0 Å². The van der Waals surface area contributed by atoms with Gasteiger partial charge in [0, 0.05) is 17.0 Å². The third-order valence-electron chi connectivity index (χ3n) is 5.68. The normalized spacial score (nSPS) is 13.5. The number of anilines is 1. The molecule has 0 saturated carbocycles. The Hall–Kier alpha value is -2.66. The summed E-state index contributed by atoms with van der Waals surface area (Å²) in [6.45, 7) is 10.2. The maximum Gasteiger partial charge on any atom is 0.269 e. The minimum atomic E-state index is -1.09. The van der Waals surface area contributed by atoms with E-state index in [0.29, 0.717) is 23.8 Å². The first-order valence-electron chi connectivity index (χ1n) is 10.6. The molecule has 0 bridgehead atoms. The van der Waals surface area contributed by atoms with Gasteiger partial charge in [0.05, 0.1) is 29.5 Å². The number of nitro groups is 1. The molecule has 10 heteroatoms. The first-order chi connectivity index (χ1) is 15.3. The van der Waals surface area contributed by atoms with Crippen molar-refractivity contribution in [1.29, 1.82) is 0 Å². The molecule has 9 nitrogen and oxygen atoms in total. The van der Waals surface area contributed by atoms with E-state index < -0.39 is 17.1 Å². The molecule has 0 amide bonds. The molecule has 2 heterocycles. The lowest BCUT2D eigenvalue weighted by Crippen LogP contribution is -2.32. The van der Waals surface area contributed by atoms with Crippen LogP contribution in [-0.2, 0) is 6.54 Å². The number of aryl methyl sites for hydroxylation is 2. The first-order valence-corrected chi connectivity index (χ1v) is 11.4. The van der Waals surface area contributed by atoms with Crippen molar-refractivity contribution < 1.29 is 15.1 Å². The van der Waals surface area contributed by atoms with E-state index in [4.69, 9.17) is 9.97 Å². The van der Waals surface area contributed by atoms with Crippen LogP contribution in [0.5, 0.6) is 0 Å². The quantitative estimate of drug-likeness (QED) is 0.310. The SMILES string of the molecule is CCN(CC)Cc1nc(N[C@@H](CO)[C@H](O)c2ccc([N+](=O)[O-])cc2)c2c(C)c(C)sc2n1. The number of hydrogen-bond donors (Lipinski definition) is 3. The number of thiophene rings is 1. The molecule has 1 aromatic carbocycles. The Labute approximate surface area is 190 Å². The predicted octanol–water partition coefficient (Wildman–Crippen LogP) is 3.56. The summed E-state index contributed by atoms with van der Waals surface area (Å²) in [5.74, 6) is 1.24.